The maximum absolute atomic E-state index is 12.7. The Kier molecular flexibility index (Phi) is 9.84. The van der Waals surface area contributed by atoms with E-state index >= 15 is 0 Å². The lowest BCUT2D eigenvalue weighted by atomic mass is 9.80. The van der Waals surface area contributed by atoms with Gasteiger partial charge in [0, 0.05) is 12.6 Å². The number of hydrogen-bond donors (Lipinski definition) is 2. The Hall–Kier alpha value is -4.92. The number of rotatable bonds is 11. The van der Waals surface area contributed by atoms with Crippen molar-refractivity contribution in [1.82, 2.24) is 9.55 Å². The highest BCUT2D eigenvalue weighted by Gasteiger charge is 2.42. The molecule has 0 radical (unpaired) electrons. The van der Waals surface area contributed by atoms with Crippen LogP contribution < -0.4 is 20.7 Å². The van der Waals surface area contributed by atoms with Crippen molar-refractivity contribution in [3.05, 3.63) is 128 Å². The van der Waals surface area contributed by atoms with E-state index in [1.807, 2.05) is 59.6 Å². The van der Waals surface area contributed by atoms with Gasteiger partial charge < -0.3 is 28.8 Å². The molecule has 0 amide bonds. The van der Waals surface area contributed by atoms with E-state index in [1.165, 1.54) is 0 Å². The van der Waals surface area contributed by atoms with Gasteiger partial charge in [0.2, 0.25) is 0 Å². The van der Waals surface area contributed by atoms with Crippen molar-refractivity contribution < 1.29 is 46.8 Å². The van der Waals surface area contributed by atoms with Gasteiger partial charge >= 0.3 is 17.8 Å². The lowest BCUT2D eigenvalue weighted by molar-refractivity contribution is -0.161. The average Bonchev–Trinajstić information content (AvgIpc) is 3.44. The van der Waals surface area contributed by atoms with Crippen molar-refractivity contribution >= 4 is 5.97 Å². The maximum Gasteiger partial charge on any atom is 0.422 e. The number of alkyl halides is 3. The Bertz CT molecular complexity index is 1740. The van der Waals surface area contributed by atoms with Crippen molar-refractivity contribution in [1.29, 1.82) is 0 Å². The molecule has 2 heterocycles. The molecule has 0 saturated carbocycles. The van der Waals surface area contributed by atoms with Gasteiger partial charge in [-0.1, -0.05) is 54.6 Å². The number of benzene rings is 3. The molecular weight excluding hydrogens is 625 g/mol. The number of esters is 1. The number of nitrogens with one attached hydrogen (secondary N) is 1. The third-order valence-electron chi connectivity index (χ3n) is 7.71. The number of aliphatic hydroxyl groups excluding tert-OH is 1. The molecule has 248 valence electrons. The molecule has 1 aliphatic rings. The number of ether oxygens (including phenoxy) is 5. The predicted molar refractivity (Wildman–Crippen MR) is 160 cm³/mol. The summed E-state index contributed by atoms with van der Waals surface area (Å²) in [6.45, 7) is -2.13. The molecule has 47 heavy (non-hydrogen) atoms. The number of aliphatic hydroxyl groups is 1. The van der Waals surface area contributed by atoms with Gasteiger partial charge in [-0.3, -0.25) is 14.3 Å². The number of carbonyl (C=O) groups is 1. The van der Waals surface area contributed by atoms with Gasteiger partial charge in [-0.15, -0.1) is 0 Å². The molecule has 14 heteroatoms. The predicted octanol–water partition coefficient (Wildman–Crippen LogP) is 3.93. The maximum atomic E-state index is 12.7. The molecule has 4 aromatic rings. The lowest BCUT2D eigenvalue weighted by Gasteiger charge is -2.37. The first-order valence-electron chi connectivity index (χ1n) is 14.4. The minimum atomic E-state index is -4.82. The molecular formula is C33H31F3N2O9. The van der Waals surface area contributed by atoms with Crippen LogP contribution in [0.3, 0.4) is 0 Å². The fourth-order valence-corrected chi connectivity index (χ4v) is 5.39. The average molecular weight is 657 g/mol. The van der Waals surface area contributed by atoms with Gasteiger partial charge in [0.05, 0.1) is 26.9 Å². The molecule has 1 aliphatic heterocycles. The Morgan fingerprint density at radius 3 is 2.00 bits per heavy atom. The third kappa shape index (κ3) is 7.24. The molecule has 0 spiro atoms. The van der Waals surface area contributed by atoms with Crippen molar-refractivity contribution in [3.63, 3.8) is 0 Å². The summed E-state index contributed by atoms with van der Waals surface area (Å²) in [5.41, 5.74) is -2.13. The van der Waals surface area contributed by atoms with Crippen molar-refractivity contribution in [3.8, 4) is 11.5 Å². The van der Waals surface area contributed by atoms with Crippen LogP contribution in [0, 0.1) is 0 Å². The molecule has 3 aromatic carbocycles. The van der Waals surface area contributed by atoms with Crippen LogP contribution >= 0.6 is 0 Å². The zero-order valence-corrected chi connectivity index (χ0v) is 25.2. The monoisotopic (exact) mass is 656 g/mol. The van der Waals surface area contributed by atoms with E-state index in [0.29, 0.717) is 11.5 Å². The van der Waals surface area contributed by atoms with Crippen LogP contribution in [0.5, 0.6) is 11.5 Å². The molecule has 0 bridgehead atoms. The number of methoxy groups -OCH3 is 2. The molecule has 0 aliphatic carbocycles. The van der Waals surface area contributed by atoms with Gasteiger partial charge in [0.25, 0.3) is 5.56 Å². The number of carbonyl (C=O) groups excluding carboxylic acids is 1. The molecule has 1 aromatic heterocycles. The first kappa shape index (κ1) is 33.4. The summed E-state index contributed by atoms with van der Waals surface area (Å²) in [4.78, 5) is 39.0. The summed E-state index contributed by atoms with van der Waals surface area (Å²) in [6.07, 6.45) is -7.64. The van der Waals surface area contributed by atoms with E-state index in [0.717, 1.165) is 27.5 Å². The lowest BCUT2D eigenvalue weighted by Crippen LogP contribution is -2.38. The van der Waals surface area contributed by atoms with E-state index in [1.54, 1.807) is 38.5 Å². The van der Waals surface area contributed by atoms with Crippen LogP contribution in [-0.4, -0.2) is 66.4 Å². The number of hydrogen-bond acceptors (Lipinski definition) is 9. The zero-order chi connectivity index (χ0) is 33.8. The van der Waals surface area contributed by atoms with Gasteiger partial charge in [-0.25, -0.2) is 9.59 Å². The van der Waals surface area contributed by atoms with Crippen molar-refractivity contribution in [2.75, 3.05) is 27.4 Å². The molecule has 1 fully saturated rings. The van der Waals surface area contributed by atoms with Crippen LogP contribution in [0.1, 0.15) is 39.7 Å². The summed E-state index contributed by atoms with van der Waals surface area (Å²) < 4.78 is 66.2. The highest BCUT2D eigenvalue weighted by atomic mass is 19.4. The summed E-state index contributed by atoms with van der Waals surface area (Å²) in [5.74, 6) is -0.339. The highest BCUT2D eigenvalue weighted by molar-refractivity contribution is 5.88. The largest absolute Gasteiger partial charge is 0.497 e. The number of aromatic nitrogens is 2. The Morgan fingerprint density at radius 2 is 1.47 bits per heavy atom. The number of H-pyrrole nitrogens is 1. The highest BCUT2D eigenvalue weighted by Crippen LogP contribution is 2.42. The second kappa shape index (κ2) is 13.8. The molecule has 2 N–H and O–H groups in total. The quantitative estimate of drug-likeness (QED) is 0.182. The van der Waals surface area contributed by atoms with Gasteiger partial charge in [0.15, 0.2) is 6.61 Å². The normalized spacial score (nSPS) is 18.1. The third-order valence-corrected chi connectivity index (χ3v) is 7.71. The van der Waals surface area contributed by atoms with Gasteiger partial charge in [-0.2, -0.15) is 13.2 Å². The molecule has 3 unspecified atom stereocenters. The smallest absolute Gasteiger partial charge is 0.422 e. The summed E-state index contributed by atoms with van der Waals surface area (Å²) in [7, 11) is 3.10. The molecule has 3 atom stereocenters. The number of nitrogens with zero attached hydrogens (tertiary/aromatic N) is 1. The van der Waals surface area contributed by atoms with Crippen molar-refractivity contribution in [2.45, 2.75) is 36.6 Å². The summed E-state index contributed by atoms with van der Waals surface area (Å²) >= 11 is 0. The fourth-order valence-electron chi connectivity index (χ4n) is 5.39. The van der Waals surface area contributed by atoms with E-state index < -0.39 is 59.6 Å². The fraction of sp³-hybridized carbons (Fsp3) is 0.303. The Balaban J connectivity index is 1.47. The first-order chi connectivity index (χ1) is 22.4. The molecule has 11 nitrogen and oxygen atoms in total. The van der Waals surface area contributed by atoms with E-state index in [2.05, 4.69) is 4.74 Å². The topological polar surface area (TPSA) is 138 Å². The Morgan fingerprint density at radius 1 is 0.915 bits per heavy atom. The van der Waals surface area contributed by atoms with E-state index in [9.17, 15) is 32.7 Å². The first-order valence-corrected chi connectivity index (χ1v) is 14.4. The Labute approximate surface area is 266 Å². The second-order valence-electron chi connectivity index (χ2n) is 10.6. The van der Waals surface area contributed by atoms with Gasteiger partial charge in [0.1, 0.15) is 35.0 Å². The minimum Gasteiger partial charge on any atom is -0.497 e. The number of aromatic amines is 1. The second-order valence-corrected chi connectivity index (χ2v) is 10.6. The van der Waals surface area contributed by atoms with Gasteiger partial charge in [-0.05, 0) is 41.0 Å². The van der Waals surface area contributed by atoms with Crippen LogP contribution in [0.2, 0.25) is 0 Å². The zero-order valence-electron chi connectivity index (χ0n) is 25.2. The van der Waals surface area contributed by atoms with Crippen LogP contribution in [-0.2, 0) is 19.8 Å². The van der Waals surface area contributed by atoms with Crippen LogP contribution in [0.25, 0.3) is 0 Å². The molecule has 5 rings (SSSR count). The SMILES string of the molecule is COc1ccc(C(OCC2OC(n3cc(C(=O)OCC(F)(F)F)c(=O)[nH]c3=O)CC2O)(c2ccccc2)c2ccc(OC)cc2)cc1. The minimum absolute atomic E-state index is 0.166. The van der Waals surface area contributed by atoms with E-state index in [4.69, 9.17) is 18.9 Å². The van der Waals surface area contributed by atoms with Crippen LogP contribution in [0.15, 0.2) is 94.6 Å². The number of halogens is 3. The summed E-state index contributed by atoms with van der Waals surface area (Å²) in [5, 5.41) is 11.0. The summed E-state index contributed by atoms with van der Waals surface area (Å²) in [6, 6.07) is 23.9. The van der Waals surface area contributed by atoms with Crippen LogP contribution in [0.4, 0.5) is 13.2 Å². The standard InChI is InChI=1S/C33H31F3N2O9/c1-43-23-12-8-21(9-13-23)33(20-6-4-3-5-7-20,22-10-14-24(44-2)15-11-22)46-18-27-26(39)16-28(47-27)38-17-25(29(40)37-31(38)42)30(41)45-19-32(34,35)36/h3-15,17,26-28,39H,16,18-19H2,1-2H3,(H,37,40,42). The van der Waals surface area contributed by atoms with Crippen molar-refractivity contribution in [2.24, 2.45) is 0 Å². The van der Waals surface area contributed by atoms with E-state index in [-0.39, 0.29) is 13.0 Å². The molecule has 1 saturated heterocycles.